The predicted octanol–water partition coefficient (Wildman–Crippen LogP) is 2.34. The highest BCUT2D eigenvalue weighted by Gasteiger charge is 2.14. The summed E-state index contributed by atoms with van der Waals surface area (Å²) in [5.74, 6) is 0.0160. The predicted molar refractivity (Wildman–Crippen MR) is 88.6 cm³/mol. The third-order valence-corrected chi connectivity index (χ3v) is 3.53. The molecule has 1 amide bonds. The van der Waals surface area contributed by atoms with Crippen LogP contribution in [0, 0.1) is 6.92 Å². The average molecular weight is 341 g/mol. The minimum atomic E-state index is 0. The van der Waals surface area contributed by atoms with Crippen molar-refractivity contribution in [3.63, 3.8) is 0 Å². The van der Waals surface area contributed by atoms with E-state index in [4.69, 9.17) is 11.6 Å². The summed E-state index contributed by atoms with van der Waals surface area (Å²) in [6.45, 7) is 6.08. The number of halogens is 3. The van der Waals surface area contributed by atoms with Crippen LogP contribution in [0.25, 0.3) is 0 Å². The molecule has 0 unspecified atom stereocenters. The SMILES string of the molecule is Cc1c(Cl)cccc1NC(=O)CN1CCNCC1.Cl.Cl. The molecule has 4 nitrogen and oxygen atoms in total. The molecular weight excluding hydrogens is 321 g/mol. The Balaban J connectivity index is 0.00000180. The number of carbonyl (C=O) groups is 1. The van der Waals surface area contributed by atoms with Gasteiger partial charge in [0.25, 0.3) is 0 Å². The Bertz CT molecular complexity index is 437. The van der Waals surface area contributed by atoms with E-state index in [0.29, 0.717) is 11.6 Å². The van der Waals surface area contributed by atoms with Crippen molar-refractivity contribution in [2.24, 2.45) is 0 Å². The van der Waals surface area contributed by atoms with Crippen molar-refractivity contribution in [2.75, 3.05) is 38.0 Å². The maximum Gasteiger partial charge on any atom is 0.238 e. The van der Waals surface area contributed by atoms with E-state index < -0.39 is 0 Å². The van der Waals surface area contributed by atoms with E-state index in [-0.39, 0.29) is 30.7 Å². The topological polar surface area (TPSA) is 44.4 Å². The second kappa shape index (κ2) is 9.42. The molecule has 0 aliphatic carbocycles. The smallest absolute Gasteiger partial charge is 0.238 e. The van der Waals surface area contributed by atoms with Crippen molar-refractivity contribution in [3.8, 4) is 0 Å². The van der Waals surface area contributed by atoms with Gasteiger partial charge >= 0.3 is 0 Å². The molecule has 1 heterocycles. The molecule has 1 aromatic carbocycles. The summed E-state index contributed by atoms with van der Waals surface area (Å²) < 4.78 is 0. The van der Waals surface area contributed by atoms with E-state index in [2.05, 4.69) is 15.5 Å². The zero-order valence-corrected chi connectivity index (χ0v) is 13.7. The zero-order chi connectivity index (χ0) is 13.0. The van der Waals surface area contributed by atoms with E-state index in [1.54, 1.807) is 0 Å². The summed E-state index contributed by atoms with van der Waals surface area (Å²) >= 11 is 6.02. The number of benzene rings is 1. The third kappa shape index (κ3) is 5.46. The number of nitrogens with one attached hydrogen (secondary N) is 2. The fraction of sp³-hybridized carbons (Fsp3) is 0.462. The molecule has 0 radical (unpaired) electrons. The standard InChI is InChI=1S/C13H18ClN3O.2ClH/c1-10-11(14)3-2-4-12(10)16-13(18)9-17-7-5-15-6-8-17;;/h2-4,15H,5-9H2,1H3,(H,16,18);2*1H. The van der Waals surface area contributed by atoms with Gasteiger partial charge < -0.3 is 10.6 Å². The van der Waals surface area contributed by atoms with Crippen LogP contribution in [0.2, 0.25) is 5.02 Å². The lowest BCUT2D eigenvalue weighted by Gasteiger charge is -2.26. The molecule has 0 bridgehead atoms. The number of rotatable bonds is 3. The van der Waals surface area contributed by atoms with Crippen LogP contribution < -0.4 is 10.6 Å². The molecule has 1 saturated heterocycles. The van der Waals surface area contributed by atoms with Crippen LogP contribution in [-0.4, -0.2) is 43.5 Å². The number of nitrogens with zero attached hydrogens (tertiary/aromatic N) is 1. The summed E-state index contributed by atoms with van der Waals surface area (Å²) in [5, 5.41) is 6.85. The number of hydrogen-bond donors (Lipinski definition) is 2. The van der Waals surface area contributed by atoms with Gasteiger partial charge in [-0.15, -0.1) is 24.8 Å². The summed E-state index contributed by atoms with van der Waals surface area (Å²) in [4.78, 5) is 14.1. The van der Waals surface area contributed by atoms with E-state index in [1.165, 1.54) is 0 Å². The first kappa shape index (κ1) is 19.5. The Kier molecular flexibility index (Phi) is 9.18. The first-order valence-electron chi connectivity index (χ1n) is 6.15. The van der Waals surface area contributed by atoms with Crippen molar-refractivity contribution in [2.45, 2.75) is 6.92 Å². The molecule has 1 aliphatic rings. The number of piperazine rings is 1. The summed E-state index contributed by atoms with van der Waals surface area (Å²) in [5.41, 5.74) is 1.70. The molecule has 20 heavy (non-hydrogen) atoms. The Morgan fingerprint density at radius 3 is 2.65 bits per heavy atom. The molecule has 2 rings (SSSR count). The van der Waals surface area contributed by atoms with E-state index >= 15 is 0 Å². The van der Waals surface area contributed by atoms with Gasteiger partial charge in [-0.1, -0.05) is 17.7 Å². The first-order chi connectivity index (χ1) is 8.66. The van der Waals surface area contributed by atoms with Crippen molar-refractivity contribution in [3.05, 3.63) is 28.8 Å². The fourth-order valence-corrected chi connectivity index (χ4v) is 2.18. The number of anilines is 1. The third-order valence-electron chi connectivity index (χ3n) is 3.12. The summed E-state index contributed by atoms with van der Waals surface area (Å²) in [6, 6.07) is 5.54. The molecule has 2 N–H and O–H groups in total. The lowest BCUT2D eigenvalue weighted by Crippen LogP contribution is -2.46. The molecule has 0 spiro atoms. The van der Waals surface area contributed by atoms with E-state index in [0.717, 1.165) is 37.4 Å². The molecular formula is C13H20Cl3N3O. The van der Waals surface area contributed by atoms with Crippen LogP contribution in [0.5, 0.6) is 0 Å². The summed E-state index contributed by atoms with van der Waals surface area (Å²) in [7, 11) is 0. The molecule has 114 valence electrons. The van der Waals surface area contributed by atoms with Crippen LogP contribution in [0.4, 0.5) is 5.69 Å². The molecule has 1 aliphatic heterocycles. The fourth-order valence-electron chi connectivity index (χ4n) is 2.00. The quantitative estimate of drug-likeness (QED) is 0.887. The lowest BCUT2D eigenvalue weighted by atomic mass is 10.2. The second-order valence-electron chi connectivity index (χ2n) is 4.49. The van der Waals surface area contributed by atoms with Gasteiger partial charge in [-0.25, -0.2) is 0 Å². The zero-order valence-electron chi connectivity index (χ0n) is 11.3. The van der Waals surface area contributed by atoms with Crippen LogP contribution in [0.1, 0.15) is 5.56 Å². The van der Waals surface area contributed by atoms with Gasteiger partial charge in [0.15, 0.2) is 0 Å². The Morgan fingerprint density at radius 1 is 1.35 bits per heavy atom. The minimum absolute atomic E-state index is 0. The maximum absolute atomic E-state index is 11.9. The van der Waals surface area contributed by atoms with Gasteiger partial charge in [-0.3, -0.25) is 9.69 Å². The normalized spacial score (nSPS) is 14.9. The second-order valence-corrected chi connectivity index (χ2v) is 4.89. The lowest BCUT2D eigenvalue weighted by molar-refractivity contribution is -0.117. The van der Waals surface area contributed by atoms with Crippen molar-refractivity contribution in [1.82, 2.24) is 10.2 Å². The van der Waals surface area contributed by atoms with Gasteiger partial charge in [-0.05, 0) is 24.6 Å². The molecule has 0 atom stereocenters. The molecule has 0 saturated carbocycles. The van der Waals surface area contributed by atoms with Crippen molar-refractivity contribution < 1.29 is 4.79 Å². The molecule has 1 fully saturated rings. The number of amides is 1. The van der Waals surface area contributed by atoms with Gasteiger partial charge in [0.1, 0.15) is 0 Å². The Hall–Kier alpha value is -0.520. The first-order valence-corrected chi connectivity index (χ1v) is 6.52. The van der Waals surface area contributed by atoms with Gasteiger partial charge in [-0.2, -0.15) is 0 Å². The van der Waals surface area contributed by atoms with Crippen molar-refractivity contribution in [1.29, 1.82) is 0 Å². The maximum atomic E-state index is 11.9. The van der Waals surface area contributed by atoms with Gasteiger partial charge in [0, 0.05) is 36.9 Å². The molecule has 7 heteroatoms. The monoisotopic (exact) mass is 339 g/mol. The largest absolute Gasteiger partial charge is 0.325 e. The minimum Gasteiger partial charge on any atom is -0.325 e. The Labute approximate surface area is 137 Å². The van der Waals surface area contributed by atoms with Crippen LogP contribution in [0.3, 0.4) is 0 Å². The van der Waals surface area contributed by atoms with Gasteiger partial charge in [0.2, 0.25) is 5.91 Å². The highest BCUT2D eigenvalue weighted by atomic mass is 35.5. The highest BCUT2D eigenvalue weighted by molar-refractivity contribution is 6.31. The van der Waals surface area contributed by atoms with E-state index in [9.17, 15) is 4.79 Å². The molecule has 0 aromatic heterocycles. The number of hydrogen-bond acceptors (Lipinski definition) is 3. The number of carbonyl (C=O) groups excluding carboxylic acids is 1. The van der Waals surface area contributed by atoms with E-state index in [1.807, 2.05) is 25.1 Å². The molecule has 1 aromatic rings. The Morgan fingerprint density at radius 2 is 2.00 bits per heavy atom. The van der Waals surface area contributed by atoms with Crippen LogP contribution in [-0.2, 0) is 4.79 Å². The van der Waals surface area contributed by atoms with Gasteiger partial charge in [0.05, 0.1) is 6.54 Å². The van der Waals surface area contributed by atoms with Crippen LogP contribution in [0.15, 0.2) is 18.2 Å². The van der Waals surface area contributed by atoms with Crippen molar-refractivity contribution >= 4 is 48.0 Å². The highest BCUT2D eigenvalue weighted by Crippen LogP contribution is 2.22. The summed E-state index contributed by atoms with van der Waals surface area (Å²) in [6.07, 6.45) is 0. The average Bonchev–Trinajstić information content (AvgIpc) is 2.36. The van der Waals surface area contributed by atoms with Crippen LogP contribution >= 0.6 is 36.4 Å².